The van der Waals surface area contributed by atoms with E-state index in [1.54, 1.807) is 0 Å². The van der Waals surface area contributed by atoms with E-state index in [0.717, 1.165) is 51.4 Å². The molecule has 0 unspecified atom stereocenters. The Kier molecular flexibility index (Phi) is 6.06. The predicted octanol–water partition coefficient (Wildman–Crippen LogP) is 3.35. The first-order chi connectivity index (χ1) is 10.1. The number of ether oxygens (including phenoxy) is 2. The number of nitrogens with zero attached hydrogens (tertiary/aromatic N) is 1. The van der Waals surface area contributed by atoms with Crippen LogP contribution in [0.1, 0.15) is 65.2 Å². The van der Waals surface area contributed by atoms with Gasteiger partial charge in [0.1, 0.15) is 0 Å². The SMILES string of the molecule is CCCC(CCC)C(=O)N(C)C1CCC2(CC1)OCCO2. The van der Waals surface area contributed by atoms with Crippen LogP contribution < -0.4 is 0 Å². The minimum absolute atomic E-state index is 0.208. The Morgan fingerprint density at radius 3 is 2.14 bits per heavy atom. The predicted molar refractivity (Wildman–Crippen MR) is 83.0 cm³/mol. The first-order valence-electron chi connectivity index (χ1n) is 8.66. The fourth-order valence-electron chi connectivity index (χ4n) is 3.77. The summed E-state index contributed by atoms with van der Waals surface area (Å²) in [7, 11) is 1.99. The molecule has 1 saturated carbocycles. The highest BCUT2D eigenvalue weighted by atomic mass is 16.7. The van der Waals surface area contributed by atoms with Crippen LogP contribution >= 0.6 is 0 Å². The van der Waals surface area contributed by atoms with Crippen LogP contribution in [0.25, 0.3) is 0 Å². The van der Waals surface area contributed by atoms with Gasteiger partial charge in [-0.15, -0.1) is 0 Å². The number of hydrogen-bond acceptors (Lipinski definition) is 3. The first-order valence-corrected chi connectivity index (χ1v) is 8.66. The van der Waals surface area contributed by atoms with Crippen LogP contribution in [0.2, 0.25) is 0 Å². The molecule has 4 heteroatoms. The molecule has 1 saturated heterocycles. The largest absolute Gasteiger partial charge is 0.348 e. The molecule has 0 N–H and O–H groups in total. The molecule has 21 heavy (non-hydrogen) atoms. The average Bonchev–Trinajstić information content (AvgIpc) is 2.94. The molecule has 1 aliphatic carbocycles. The van der Waals surface area contributed by atoms with Crippen LogP contribution in [-0.4, -0.2) is 42.9 Å². The molecule has 0 aromatic heterocycles. The van der Waals surface area contributed by atoms with Crippen molar-refractivity contribution in [1.82, 2.24) is 4.90 Å². The zero-order chi connectivity index (χ0) is 15.3. The lowest BCUT2D eigenvalue weighted by atomic mass is 9.88. The average molecular weight is 297 g/mol. The second-order valence-corrected chi connectivity index (χ2v) is 6.56. The standard InChI is InChI=1S/C17H31NO3/c1-4-6-14(7-5-2)16(19)18(3)15-8-10-17(11-9-15)20-12-13-21-17/h14-15H,4-13H2,1-3H3. The summed E-state index contributed by atoms with van der Waals surface area (Å²) in [5, 5.41) is 0. The molecule has 2 rings (SSSR count). The van der Waals surface area contributed by atoms with Crippen LogP contribution in [0.3, 0.4) is 0 Å². The quantitative estimate of drug-likeness (QED) is 0.754. The fraction of sp³-hybridized carbons (Fsp3) is 0.941. The highest BCUT2D eigenvalue weighted by Gasteiger charge is 2.42. The van der Waals surface area contributed by atoms with Crippen molar-refractivity contribution < 1.29 is 14.3 Å². The number of rotatable bonds is 6. The van der Waals surface area contributed by atoms with Crippen molar-refractivity contribution in [2.45, 2.75) is 77.0 Å². The summed E-state index contributed by atoms with van der Waals surface area (Å²) in [6.07, 6.45) is 8.02. The van der Waals surface area contributed by atoms with Crippen molar-refractivity contribution >= 4 is 5.91 Å². The summed E-state index contributed by atoms with van der Waals surface area (Å²) in [6, 6.07) is 0.354. The topological polar surface area (TPSA) is 38.8 Å². The van der Waals surface area contributed by atoms with Gasteiger partial charge >= 0.3 is 0 Å². The van der Waals surface area contributed by atoms with Crippen LogP contribution in [-0.2, 0) is 14.3 Å². The lowest BCUT2D eigenvalue weighted by molar-refractivity contribution is -0.185. The second kappa shape index (κ2) is 7.59. The van der Waals surface area contributed by atoms with E-state index in [1.807, 2.05) is 11.9 Å². The molecule has 4 nitrogen and oxygen atoms in total. The van der Waals surface area contributed by atoms with E-state index >= 15 is 0 Å². The minimum Gasteiger partial charge on any atom is -0.348 e. The summed E-state index contributed by atoms with van der Waals surface area (Å²) >= 11 is 0. The van der Waals surface area contributed by atoms with Crippen molar-refractivity contribution in [3.63, 3.8) is 0 Å². The number of amides is 1. The Hall–Kier alpha value is -0.610. The third kappa shape index (κ3) is 3.98. The molecule has 122 valence electrons. The van der Waals surface area contributed by atoms with E-state index in [1.165, 1.54) is 0 Å². The van der Waals surface area contributed by atoms with Crippen molar-refractivity contribution in [1.29, 1.82) is 0 Å². The molecular weight excluding hydrogens is 266 g/mol. The molecule has 1 spiro atoms. The van der Waals surface area contributed by atoms with Crippen molar-refractivity contribution in [3.8, 4) is 0 Å². The van der Waals surface area contributed by atoms with Crippen molar-refractivity contribution in [3.05, 3.63) is 0 Å². The van der Waals surface area contributed by atoms with Crippen LogP contribution in [0.5, 0.6) is 0 Å². The Balaban J connectivity index is 1.87. The lowest BCUT2D eigenvalue weighted by Crippen LogP contribution is -2.46. The zero-order valence-corrected chi connectivity index (χ0v) is 13.9. The monoisotopic (exact) mass is 297 g/mol. The first kappa shape index (κ1) is 16.8. The number of carbonyl (C=O) groups is 1. The molecule has 1 aliphatic heterocycles. The summed E-state index contributed by atoms with van der Waals surface area (Å²) in [4.78, 5) is 14.7. The third-order valence-corrected chi connectivity index (χ3v) is 5.05. The van der Waals surface area contributed by atoms with Gasteiger partial charge in [0.05, 0.1) is 13.2 Å². The van der Waals surface area contributed by atoms with Gasteiger partial charge in [-0.05, 0) is 25.7 Å². The highest BCUT2D eigenvalue weighted by Crippen LogP contribution is 2.37. The van der Waals surface area contributed by atoms with Gasteiger partial charge in [0.15, 0.2) is 5.79 Å². The zero-order valence-electron chi connectivity index (χ0n) is 13.9. The smallest absolute Gasteiger partial charge is 0.225 e. The Bertz CT molecular complexity index is 323. The van der Waals surface area contributed by atoms with Gasteiger partial charge in [-0.25, -0.2) is 0 Å². The molecule has 2 aliphatic rings. The van der Waals surface area contributed by atoms with Gasteiger partial charge in [-0.3, -0.25) is 4.79 Å². The van der Waals surface area contributed by atoms with E-state index in [4.69, 9.17) is 9.47 Å². The number of carbonyl (C=O) groups excluding carboxylic acids is 1. The maximum Gasteiger partial charge on any atom is 0.225 e. The van der Waals surface area contributed by atoms with E-state index < -0.39 is 0 Å². The highest BCUT2D eigenvalue weighted by molar-refractivity contribution is 5.78. The second-order valence-electron chi connectivity index (χ2n) is 6.56. The molecule has 1 amide bonds. The Morgan fingerprint density at radius 1 is 1.14 bits per heavy atom. The third-order valence-electron chi connectivity index (χ3n) is 5.05. The molecular formula is C17H31NO3. The van der Waals surface area contributed by atoms with E-state index in [9.17, 15) is 4.79 Å². The van der Waals surface area contributed by atoms with Gasteiger partial charge in [-0.2, -0.15) is 0 Å². The molecule has 2 fully saturated rings. The van der Waals surface area contributed by atoms with E-state index in [-0.39, 0.29) is 11.7 Å². The summed E-state index contributed by atoms with van der Waals surface area (Å²) in [5.74, 6) is 0.222. The van der Waals surface area contributed by atoms with E-state index in [2.05, 4.69) is 13.8 Å². The van der Waals surface area contributed by atoms with E-state index in [0.29, 0.717) is 25.2 Å². The van der Waals surface area contributed by atoms with Gasteiger partial charge in [0.2, 0.25) is 5.91 Å². The Labute approximate surface area is 129 Å². The van der Waals surface area contributed by atoms with Crippen LogP contribution in [0.4, 0.5) is 0 Å². The van der Waals surface area contributed by atoms with Crippen molar-refractivity contribution in [2.24, 2.45) is 5.92 Å². The van der Waals surface area contributed by atoms with Gasteiger partial charge in [0.25, 0.3) is 0 Å². The van der Waals surface area contributed by atoms with Crippen LogP contribution in [0.15, 0.2) is 0 Å². The molecule has 0 aromatic rings. The fourth-order valence-corrected chi connectivity index (χ4v) is 3.77. The number of hydrogen-bond donors (Lipinski definition) is 0. The molecule has 0 atom stereocenters. The lowest BCUT2D eigenvalue weighted by Gasteiger charge is -2.40. The summed E-state index contributed by atoms with van der Waals surface area (Å²) in [5.41, 5.74) is 0. The Morgan fingerprint density at radius 2 is 1.67 bits per heavy atom. The minimum atomic E-state index is -0.327. The normalized spacial score (nSPS) is 22.1. The summed E-state index contributed by atoms with van der Waals surface area (Å²) < 4.78 is 11.5. The van der Waals surface area contributed by atoms with Crippen molar-refractivity contribution in [2.75, 3.05) is 20.3 Å². The van der Waals surface area contributed by atoms with Gasteiger partial charge in [0, 0.05) is 31.8 Å². The maximum absolute atomic E-state index is 12.7. The van der Waals surface area contributed by atoms with Gasteiger partial charge in [-0.1, -0.05) is 26.7 Å². The molecule has 1 heterocycles. The van der Waals surface area contributed by atoms with Crippen LogP contribution in [0, 0.1) is 5.92 Å². The summed E-state index contributed by atoms with van der Waals surface area (Å²) in [6.45, 7) is 5.76. The molecule has 0 bridgehead atoms. The maximum atomic E-state index is 12.7. The molecule has 0 radical (unpaired) electrons. The molecule has 0 aromatic carbocycles. The van der Waals surface area contributed by atoms with Gasteiger partial charge < -0.3 is 14.4 Å².